The molecule has 1 aromatic carbocycles. The number of aryl methyl sites for hydroxylation is 1. The van der Waals surface area contributed by atoms with Crippen molar-refractivity contribution in [2.24, 2.45) is 0 Å². The number of rotatable bonds is 4. The molecule has 2 aromatic rings. The van der Waals surface area contributed by atoms with Crippen molar-refractivity contribution in [2.75, 3.05) is 11.5 Å². The summed E-state index contributed by atoms with van der Waals surface area (Å²) in [7, 11) is 0. The second-order valence-electron chi connectivity index (χ2n) is 3.88. The van der Waals surface area contributed by atoms with Gasteiger partial charge in [-0.2, -0.15) is 13.2 Å². The summed E-state index contributed by atoms with van der Waals surface area (Å²) in [4.78, 5) is 4.15. The van der Waals surface area contributed by atoms with Gasteiger partial charge >= 0.3 is 5.51 Å². The van der Waals surface area contributed by atoms with Crippen LogP contribution in [0.25, 0.3) is 11.0 Å². The molecule has 1 heterocycles. The van der Waals surface area contributed by atoms with Crippen LogP contribution in [0, 0.1) is 0 Å². The van der Waals surface area contributed by atoms with Crippen LogP contribution in [0.4, 0.5) is 18.9 Å². The maximum Gasteiger partial charge on any atom is 0.441 e. The Balaban J connectivity index is 2.25. The molecule has 0 atom stereocenters. The number of nitrogens with zero attached hydrogens (tertiary/aromatic N) is 2. The van der Waals surface area contributed by atoms with Crippen LogP contribution in [0.2, 0.25) is 0 Å². The molecule has 0 unspecified atom stereocenters. The van der Waals surface area contributed by atoms with E-state index in [0.29, 0.717) is 22.5 Å². The first-order valence-corrected chi connectivity index (χ1v) is 6.45. The van der Waals surface area contributed by atoms with Gasteiger partial charge in [0.15, 0.2) is 0 Å². The van der Waals surface area contributed by atoms with Crippen LogP contribution in [-0.2, 0) is 13.2 Å². The standard InChI is InChI=1S/C11H12F3N3OS/c12-11(13,14)19-4-3-17-9-2-1-7(15)5-8(9)16-10(17)6-18/h1-2,5,18H,3-4,6,15H2. The van der Waals surface area contributed by atoms with E-state index in [-0.39, 0.29) is 30.7 Å². The second-order valence-corrected chi connectivity index (χ2v) is 5.04. The number of aliphatic hydroxyl groups excluding tert-OH is 1. The van der Waals surface area contributed by atoms with E-state index >= 15 is 0 Å². The Hall–Kier alpha value is -1.41. The molecule has 4 nitrogen and oxygen atoms in total. The van der Waals surface area contributed by atoms with Gasteiger partial charge in [-0.05, 0) is 30.0 Å². The van der Waals surface area contributed by atoms with Gasteiger partial charge in [0.25, 0.3) is 0 Å². The zero-order valence-electron chi connectivity index (χ0n) is 9.81. The number of aliphatic hydroxyl groups is 1. The first kappa shape index (κ1) is 14.0. The topological polar surface area (TPSA) is 64.1 Å². The number of nitrogens with two attached hydrogens (primary N) is 1. The Morgan fingerprint density at radius 1 is 1.37 bits per heavy atom. The molecule has 0 saturated carbocycles. The number of hydrogen-bond donors (Lipinski definition) is 2. The van der Waals surface area contributed by atoms with E-state index in [1.54, 1.807) is 22.8 Å². The number of alkyl halides is 3. The molecule has 0 fully saturated rings. The van der Waals surface area contributed by atoms with Crippen molar-refractivity contribution in [1.29, 1.82) is 0 Å². The van der Waals surface area contributed by atoms with Crippen molar-refractivity contribution in [3.63, 3.8) is 0 Å². The zero-order valence-corrected chi connectivity index (χ0v) is 10.6. The average molecular weight is 291 g/mol. The Bertz CT molecular complexity index is 582. The third-order valence-electron chi connectivity index (χ3n) is 2.57. The lowest BCUT2D eigenvalue weighted by Gasteiger charge is -2.09. The molecular formula is C11H12F3N3OS. The highest BCUT2D eigenvalue weighted by Crippen LogP contribution is 2.30. The summed E-state index contributed by atoms with van der Waals surface area (Å²) in [5.74, 6) is 0.204. The number of anilines is 1. The molecule has 0 aliphatic heterocycles. The molecule has 0 saturated heterocycles. The largest absolute Gasteiger partial charge is 0.441 e. The fourth-order valence-corrected chi connectivity index (χ4v) is 2.32. The summed E-state index contributed by atoms with van der Waals surface area (Å²) >= 11 is -0.0922. The molecule has 0 aliphatic carbocycles. The minimum Gasteiger partial charge on any atom is -0.399 e. The average Bonchev–Trinajstić information content (AvgIpc) is 2.65. The highest BCUT2D eigenvalue weighted by molar-refractivity contribution is 8.00. The fraction of sp³-hybridized carbons (Fsp3) is 0.364. The number of thioether (sulfide) groups is 1. The maximum atomic E-state index is 12.1. The number of fused-ring (bicyclic) bond motifs is 1. The SMILES string of the molecule is Nc1ccc2c(c1)nc(CO)n2CCSC(F)(F)F. The first-order valence-electron chi connectivity index (χ1n) is 5.47. The fourth-order valence-electron chi connectivity index (χ4n) is 1.82. The van der Waals surface area contributed by atoms with E-state index in [0.717, 1.165) is 0 Å². The lowest BCUT2D eigenvalue weighted by molar-refractivity contribution is -0.0328. The normalized spacial score (nSPS) is 12.2. The first-order chi connectivity index (χ1) is 8.90. The van der Waals surface area contributed by atoms with Gasteiger partial charge in [-0.15, -0.1) is 0 Å². The predicted octanol–water partition coefficient (Wildman–Crippen LogP) is 2.36. The lowest BCUT2D eigenvalue weighted by atomic mass is 10.3. The number of imidazole rings is 1. The van der Waals surface area contributed by atoms with Gasteiger partial charge in [0.2, 0.25) is 0 Å². The van der Waals surface area contributed by atoms with Crippen LogP contribution in [0.3, 0.4) is 0 Å². The number of aromatic nitrogens is 2. The minimum absolute atomic E-state index is 0.0922. The van der Waals surface area contributed by atoms with Gasteiger partial charge in [0.05, 0.1) is 11.0 Å². The highest BCUT2D eigenvalue weighted by Gasteiger charge is 2.27. The monoisotopic (exact) mass is 291 g/mol. The molecule has 0 spiro atoms. The third kappa shape index (κ3) is 3.32. The van der Waals surface area contributed by atoms with Crippen molar-refractivity contribution >= 4 is 28.5 Å². The Morgan fingerprint density at radius 2 is 2.11 bits per heavy atom. The molecule has 2 rings (SSSR count). The molecule has 1 aromatic heterocycles. The van der Waals surface area contributed by atoms with Crippen LogP contribution in [0.15, 0.2) is 18.2 Å². The van der Waals surface area contributed by atoms with Gasteiger partial charge in [0, 0.05) is 18.0 Å². The number of nitrogen functional groups attached to an aromatic ring is 1. The molecule has 19 heavy (non-hydrogen) atoms. The van der Waals surface area contributed by atoms with E-state index < -0.39 is 5.51 Å². The predicted molar refractivity (Wildman–Crippen MR) is 68.6 cm³/mol. The van der Waals surface area contributed by atoms with E-state index in [1.807, 2.05) is 0 Å². The summed E-state index contributed by atoms with van der Waals surface area (Å²) in [6.45, 7) is -0.203. The molecule has 8 heteroatoms. The summed E-state index contributed by atoms with van der Waals surface area (Å²) in [5, 5.41) is 9.20. The summed E-state index contributed by atoms with van der Waals surface area (Å²) in [6, 6.07) is 4.97. The Labute approximate surface area is 111 Å². The van der Waals surface area contributed by atoms with Gasteiger partial charge in [0.1, 0.15) is 12.4 Å². The second kappa shape index (κ2) is 5.30. The highest BCUT2D eigenvalue weighted by atomic mass is 32.2. The number of halogens is 3. The van der Waals surface area contributed by atoms with E-state index in [4.69, 9.17) is 5.73 Å². The molecule has 104 valence electrons. The zero-order chi connectivity index (χ0) is 14.0. The smallest absolute Gasteiger partial charge is 0.399 e. The van der Waals surface area contributed by atoms with Crippen molar-refractivity contribution < 1.29 is 18.3 Å². The quantitative estimate of drug-likeness (QED) is 0.849. The van der Waals surface area contributed by atoms with Crippen molar-refractivity contribution in [2.45, 2.75) is 18.7 Å². The summed E-state index contributed by atoms with van der Waals surface area (Å²) in [6.07, 6.45) is 0. The van der Waals surface area contributed by atoms with Gasteiger partial charge in [-0.3, -0.25) is 0 Å². The van der Waals surface area contributed by atoms with Gasteiger partial charge in [-0.1, -0.05) is 0 Å². The van der Waals surface area contributed by atoms with Crippen molar-refractivity contribution in [1.82, 2.24) is 9.55 Å². The van der Waals surface area contributed by atoms with E-state index in [2.05, 4.69) is 4.98 Å². The lowest BCUT2D eigenvalue weighted by Crippen LogP contribution is -2.09. The van der Waals surface area contributed by atoms with E-state index in [9.17, 15) is 18.3 Å². The van der Waals surface area contributed by atoms with Crippen LogP contribution >= 0.6 is 11.8 Å². The minimum atomic E-state index is -4.25. The van der Waals surface area contributed by atoms with Gasteiger partial charge < -0.3 is 15.4 Å². The van der Waals surface area contributed by atoms with E-state index in [1.165, 1.54) is 0 Å². The number of benzene rings is 1. The molecule has 3 N–H and O–H groups in total. The summed E-state index contributed by atoms with van der Waals surface area (Å²) < 4.78 is 37.9. The van der Waals surface area contributed by atoms with Crippen molar-refractivity contribution in [3.05, 3.63) is 24.0 Å². The Kier molecular flexibility index (Phi) is 3.91. The summed E-state index contributed by atoms with van der Waals surface area (Å²) in [5.41, 5.74) is 3.13. The van der Waals surface area contributed by atoms with Crippen LogP contribution in [0.1, 0.15) is 5.82 Å². The molecular weight excluding hydrogens is 279 g/mol. The van der Waals surface area contributed by atoms with Crippen LogP contribution in [-0.4, -0.2) is 25.9 Å². The van der Waals surface area contributed by atoms with Crippen LogP contribution < -0.4 is 5.73 Å². The number of hydrogen-bond acceptors (Lipinski definition) is 4. The molecule has 0 radical (unpaired) electrons. The van der Waals surface area contributed by atoms with Crippen LogP contribution in [0.5, 0.6) is 0 Å². The molecule has 0 bridgehead atoms. The third-order valence-corrected chi connectivity index (χ3v) is 3.29. The maximum absolute atomic E-state index is 12.1. The van der Waals surface area contributed by atoms with Gasteiger partial charge in [-0.25, -0.2) is 4.98 Å². The van der Waals surface area contributed by atoms with Crippen molar-refractivity contribution in [3.8, 4) is 0 Å². The molecule has 0 aliphatic rings. The molecule has 0 amide bonds. The Morgan fingerprint density at radius 3 is 2.74 bits per heavy atom.